The first-order valence-electron chi connectivity index (χ1n) is 6.17. The number of ether oxygens (including phenoxy) is 1. The summed E-state index contributed by atoms with van der Waals surface area (Å²) in [5.74, 6) is -0.521. The molecule has 0 aliphatic carbocycles. The molecule has 0 spiro atoms. The van der Waals surface area contributed by atoms with E-state index in [1.54, 1.807) is 0 Å². The summed E-state index contributed by atoms with van der Waals surface area (Å²) in [6, 6.07) is 3.04. The number of carboxylic acid groups (broad SMARTS) is 1. The molecule has 2 heterocycles. The molecule has 0 aromatic carbocycles. The van der Waals surface area contributed by atoms with Gasteiger partial charge in [-0.05, 0) is 38.8 Å². The minimum absolute atomic E-state index is 0.133. The van der Waals surface area contributed by atoms with Crippen molar-refractivity contribution < 1.29 is 14.6 Å². The van der Waals surface area contributed by atoms with Crippen LogP contribution in [0.1, 0.15) is 37.0 Å². The highest BCUT2D eigenvalue weighted by atomic mass is 35.5. The minimum atomic E-state index is -1.01. The first-order chi connectivity index (χ1) is 8.85. The van der Waals surface area contributed by atoms with Gasteiger partial charge in [-0.3, -0.25) is 0 Å². The van der Waals surface area contributed by atoms with Gasteiger partial charge in [-0.2, -0.15) is 0 Å². The number of nitrogens with zero attached hydrogens (tertiary/aromatic N) is 1. The molecule has 2 rings (SSSR count). The van der Waals surface area contributed by atoms with Crippen LogP contribution in [0.4, 0.5) is 5.82 Å². The smallest absolute Gasteiger partial charge is 0.335 e. The number of rotatable bonds is 3. The van der Waals surface area contributed by atoms with E-state index in [2.05, 4.69) is 10.3 Å². The summed E-state index contributed by atoms with van der Waals surface area (Å²) < 4.78 is 5.64. The Balaban J connectivity index is 2.12. The summed E-state index contributed by atoms with van der Waals surface area (Å²) in [6.45, 7) is 4.75. The highest BCUT2D eigenvalue weighted by Gasteiger charge is 2.29. The molecule has 1 aliphatic rings. The number of halogens is 1. The molecule has 104 valence electrons. The fourth-order valence-corrected chi connectivity index (χ4v) is 2.47. The Bertz CT molecular complexity index is 491. The van der Waals surface area contributed by atoms with Crippen LogP contribution in [0.5, 0.6) is 0 Å². The lowest BCUT2D eigenvalue weighted by Gasteiger charge is -2.36. The number of anilines is 1. The molecule has 0 bridgehead atoms. The highest BCUT2D eigenvalue weighted by Crippen LogP contribution is 2.26. The zero-order valence-electron chi connectivity index (χ0n) is 10.9. The second-order valence-corrected chi connectivity index (χ2v) is 5.70. The Morgan fingerprint density at radius 3 is 2.95 bits per heavy atom. The summed E-state index contributed by atoms with van der Waals surface area (Å²) in [6.07, 6.45) is 1.70. The lowest BCUT2D eigenvalue weighted by atomic mass is 9.94. The normalized spacial score (nSPS) is 21.9. The lowest BCUT2D eigenvalue weighted by Crippen LogP contribution is -2.40. The van der Waals surface area contributed by atoms with Gasteiger partial charge in [0.05, 0.1) is 11.2 Å². The van der Waals surface area contributed by atoms with E-state index in [1.807, 2.05) is 13.8 Å². The van der Waals surface area contributed by atoms with Crippen molar-refractivity contribution >= 4 is 23.4 Å². The molecule has 0 amide bonds. The molecule has 1 saturated heterocycles. The SMILES string of the molecule is CC1(C)CC(Nc2cc(C(=O)O)cc(Cl)n2)CCO1. The molecule has 6 heteroatoms. The topological polar surface area (TPSA) is 71.5 Å². The van der Waals surface area contributed by atoms with Crippen LogP contribution in [0.3, 0.4) is 0 Å². The van der Waals surface area contributed by atoms with Crippen molar-refractivity contribution in [2.45, 2.75) is 38.3 Å². The third-order valence-corrected chi connectivity index (χ3v) is 3.28. The van der Waals surface area contributed by atoms with Crippen molar-refractivity contribution in [3.05, 3.63) is 22.8 Å². The third kappa shape index (κ3) is 3.81. The monoisotopic (exact) mass is 284 g/mol. The van der Waals surface area contributed by atoms with E-state index in [-0.39, 0.29) is 22.4 Å². The fourth-order valence-electron chi connectivity index (χ4n) is 2.26. The number of hydrogen-bond donors (Lipinski definition) is 2. The Morgan fingerprint density at radius 2 is 2.32 bits per heavy atom. The highest BCUT2D eigenvalue weighted by molar-refractivity contribution is 6.29. The Hall–Kier alpha value is -1.33. The number of aromatic nitrogens is 1. The van der Waals surface area contributed by atoms with E-state index < -0.39 is 5.97 Å². The van der Waals surface area contributed by atoms with Gasteiger partial charge in [0.25, 0.3) is 0 Å². The predicted octanol–water partition coefficient (Wildman–Crippen LogP) is 2.80. The second kappa shape index (κ2) is 5.35. The molecule has 2 N–H and O–H groups in total. The summed E-state index contributed by atoms with van der Waals surface area (Å²) in [7, 11) is 0. The van der Waals surface area contributed by atoms with Crippen molar-refractivity contribution in [1.82, 2.24) is 4.98 Å². The van der Waals surface area contributed by atoms with Crippen LogP contribution in [-0.4, -0.2) is 34.3 Å². The van der Waals surface area contributed by atoms with E-state index in [0.29, 0.717) is 12.4 Å². The van der Waals surface area contributed by atoms with E-state index in [9.17, 15) is 4.79 Å². The van der Waals surface area contributed by atoms with Gasteiger partial charge in [0.2, 0.25) is 0 Å². The third-order valence-electron chi connectivity index (χ3n) is 3.09. The Morgan fingerprint density at radius 1 is 1.58 bits per heavy atom. The van der Waals surface area contributed by atoms with E-state index >= 15 is 0 Å². The Kier molecular flexibility index (Phi) is 3.96. The van der Waals surface area contributed by atoms with Crippen LogP contribution in [0.15, 0.2) is 12.1 Å². The van der Waals surface area contributed by atoms with Crippen LogP contribution >= 0.6 is 11.6 Å². The maximum absolute atomic E-state index is 11.0. The number of carbonyl (C=O) groups is 1. The molecule has 1 aliphatic heterocycles. The molecular formula is C13H17ClN2O3. The van der Waals surface area contributed by atoms with Crippen molar-refractivity contribution in [2.24, 2.45) is 0 Å². The molecule has 0 saturated carbocycles. The van der Waals surface area contributed by atoms with Gasteiger partial charge in [0, 0.05) is 12.6 Å². The van der Waals surface area contributed by atoms with Gasteiger partial charge in [-0.15, -0.1) is 0 Å². The van der Waals surface area contributed by atoms with Crippen LogP contribution < -0.4 is 5.32 Å². The largest absolute Gasteiger partial charge is 0.478 e. The number of hydrogen-bond acceptors (Lipinski definition) is 4. The maximum Gasteiger partial charge on any atom is 0.335 e. The van der Waals surface area contributed by atoms with Crippen LogP contribution in [0.2, 0.25) is 5.15 Å². The molecule has 1 aromatic heterocycles. The zero-order chi connectivity index (χ0) is 14.0. The summed E-state index contributed by atoms with van der Waals surface area (Å²) in [4.78, 5) is 15.1. The van der Waals surface area contributed by atoms with E-state index in [4.69, 9.17) is 21.4 Å². The van der Waals surface area contributed by atoms with Crippen LogP contribution in [-0.2, 0) is 4.74 Å². The van der Waals surface area contributed by atoms with Crippen LogP contribution in [0.25, 0.3) is 0 Å². The second-order valence-electron chi connectivity index (χ2n) is 5.31. The van der Waals surface area contributed by atoms with Crippen molar-refractivity contribution in [2.75, 3.05) is 11.9 Å². The summed E-state index contributed by atoms with van der Waals surface area (Å²) in [5.41, 5.74) is -0.0433. The quantitative estimate of drug-likeness (QED) is 0.835. The van der Waals surface area contributed by atoms with Gasteiger partial charge in [-0.25, -0.2) is 9.78 Å². The molecular weight excluding hydrogens is 268 g/mol. The van der Waals surface area contributed by atoms with E-state index in [0.717, 1.165) is 12.8 Å². The zero-order valence-corrected chi connectivity index (χ0v) is 11.7. The number of nitrogens with one attached hydrogen (secondary N) is 1. The molecule has 5 nitrogen and oxygen atoms in total. The molecule has 1 atom stereocenters. The first-order valence-corrected chi connectivity index (χ1v) is 6.55. The minimum Gasteiger partial charge on any atom is -0.478 e. The van der Waals surface area contributed by atoms with Crippen molar-refractivity contribution in [1.29, 1.82) is 0 Å². The maximum atomic E-state index is 11.0. The number of carboxylic acids is 1. The predicted molar refractivity (Wildman–Crippen MR) is 72.9 cm³/mol. The van der Waals surface area contributed by atoms with Crippen molar-refractivity contribution in [3.8, 4) is 0 Å². The number of aromatic carboxylic acids is 1. The van der Waals surface area contributed by atoms with E-state index in [1.165, 1.54) is 12.1 Å². The van der Waals surface area contributed by atoms with Crippen LogP contribution in [0, 0.1) is 0 Å². The standard InChI is InChI=1S/C13H17ClN2O3/c1-13(2)7-9(3-4-19-13)15-11-6-8(12(17)18)5-10(14)16-11/h5-6,9H,3-4,7H2,1-2H3,(H,15,16)(H,17,18). The van der Waals surface area contributed by atoms with Crippen molar-refractivity contribution in [3.63, 3.8) is 0 Å². The molecule has 19 heavy (non-hydrogen) atoms. The average Bonchev–Trinajstić information content (AvgIpc) is 2.26. The molecule has 1 aromatic rings. The van der Waals surface area contributed by atoms with Gasteiger partial charge < -0.3 is 15.2 Å². The first kappa shape index (κ1) is 14.1. The van der Waals surface area contributed by atoms with Gasteiger partial charge >= 0.3 is 5.97 Å². The van der Waals surface area contributed by atoms with Gasteiger partial charge in [-0.1, -0.05) is 11.6 Å². The molecule has 0 radical (unpaired) electrons. The van der Waals surface area contributed by atoms with Gasteiger partial charge in [0.15, 0.2) is 0 Å². The number of pyridine rings is 1. The summed E-state index contributed by atoms with van der Waals surface area (Å²) >= 11 is 5.83. The molecule has 1 fully saturated rings. The Labute approximate surface area is 116 Å². The molecule has 1 unspecified atom stereocenters. The fraction of sp³-hybridized carbons (Fsp3) is 0.538. The van der Waals surface area contributed by atoms with Gasteiger partial charge in [0.1, 0.15) is 11.0 Å². The summed E-state index contributed by atoms with van der Waals surface area (Å²) in [5, 5.41) is 12.4. The average molecular weight is 285 g/mol. The lowest BCUT2D eigenvalue weighted by molar-refractivity contribution is -0.0553.